The topological polar surface area (TPSA) is 99.4 Å². The molecule has 1 fully saturated rings. The Bertz CT molecular complexity index is 496. The predicted molar refractivity (Wildman–Crippen MR) is 79.5 cm³/mol. The van der Waals surface area contributed by atoms with Crippen LogP contribution in [0, 0.1) is 0 Å². The lowest BCUT2D eigenvalue weighted by Gasteiger charge is -2.40. The fourth-order valence-electron chi connectivity index (χ4n) is 2.48. The number of hydrogen-bond acceptors (Lipinski definition) is 6. The molecular weight excluding hydrogens is 288 g/mol. The minimum atomic E-state index is -1.45. The molecule has 0 unspecified atom stereocenters. The van der Waals surface area contributed by atoms with Crippen LogP contribution in [0.3, 0.4) is 0 Å². The fraction of sp³-hybridized carbons (Fsp3) is 0.625. The number of benzene rings is 1. The highest BCUT2D eigenvalue weighted by molar-refractivity contribution is 5.38. The van der Waals surface area contributed by atoms with E-state index in [0.29, 0.717) is 5.75 Å². The van der Waals surface area contributed by atoms with Crippen LogP contribution in [0.5, 0.6) is 5.75 Å². The molecule has 1 saturated heterocycles. The van der Waals surface area contributed by atoms with Crippen molar-refractivity contribution in [1.29, 1.82) is 0 Å². The van der Waals surface area contributed by atoms with Gasteiger partial charge in [0.05, 0.1) is 6.61 Å². The van der Waals surface area contributed by atoms with Gasteiger partial charge in [0.1, 0.15) is 30.2 Å². The average molecular weight is 312 g/mol. The summed E-state index contributed by atoms with van der Waals surface area (Å²) in [6, 6.07) is 7.36. The van der Waals surface area contributed by atoms with E-state index in [9.17, 15) is 20.4 Å². The minimum absolute atomic E-state index is 0.176. The zero-order chi connectivity index (χ0) is 16.5. The van der Waals surface area contributed by atoms with Crippen LogP contribution in [0.2, 0.25) is 0 Å². The second kappa shape index (κ2) is 6.52. The van der Waals surface area contributed by atoms with E-state index in [1.807, 2.05) is 32.9 Å². The predicted octanol–water partition coefficient (Wildman–Crippen LogP) is 0.163. The van der Waals surface area contributed by atoms with Crippen molar-refractivity contribution < 1.29 is 29.9 Å². The van der Waals surface area contributed by atoms with Crippen LogP contribution in [0.4, 0.5) is 0 Å². The molecule has 1 aromatic carbocycles. The zero-order valence-electron chi connectivity index (χ0n) is 13.0. The summed E-state index contributed by atoms with van der Waals surface area (Å²) >= 11 is 0. The zero-order valence-corrected chi connectivity index (χ0v) is 13.0. The first kappa shape index (κ1) is 17.2. The second-order valence-corrected chi connectivity index (χ2v) is 6.56. The lowest BCUT2D eigenvalue weighted by atomic mass is 9.86. The molecular formula is C16H24O6. The smallest absolute Gasteiger partial charge is 0.229 e. The Labute approximate surface area is 129 Å². The summed E-state index contributed by atoms with van der Waals surface area (Å²) in [5.74, 6) is 0.527. The quantitative estimate of drug-likeness (QED) is 0.635. The third-order valence-electron chi connectivity index (χ3n) is 3.79. The molecule has 124 valence electrons. The lowest BCUT2D eigenvalue weighted by Crippen LogP contribution is -2.60. The Morgan fingerprint density at radius 3 is 2.27 bits per heavy atom. The van der Waals surface area contributed by atoms with Gasteiger partial charge in [-0.2, -0.15) is 0 Å². The molecule has 5 atom stereocenters. The fourth-order valence-corrected chi connectivity index (χ4v) is 2.48. The monoisotopic (exact) mass is 312 g/mol. The van der Waals surface area contributed by atoms with Crippen LogP contribution >= 0.6 is 0 Å². The van der Waals surface area contributed by atoms with Crippen LogP contribution in [-0.2, 0) is 10.2 Å². The average Bonchev–Trinajstić information content (AvgIpc) is 2.47. The minimum Gasteiger partial charge on any atom is -0.462 e. The highest BCUT2D eigenvalue weighted by Crippen LogP contribution is 2.33. The van der Waals surface area contributed by atoms with Crippen molar-refractivity contribution in [1.82, 2.24) is 0 Å². The van der Waals surface area contributed by atoms with E-state index in [1.165, 1.54) is 0 Å². The molecule has 0 spiro atoms. The van der Waals surface area contributed by atoms with Crippen molar-refractivity contribution in [2.45, 2.75) is 56.9 Å². The second-order valence-electron chi connectivity index (χ2n) is 6.56. The van der Waals surface area contributed by atoms with Crippen molar-refractivity contribution in [3.05, 3.63) is 29.8 Å². The third kappa shape index (κ3) is 3.42. The van der Waals surface area contributed by atoms with Gasteiger partial charge in [-0.15, -0.1) is 0 Å². The SMILES string of the molecule is CC(C)(C)c1ccccc1O[C@@H]1O[C@H](CO)[C@@H](O)[C@H](O)[C@@H]1O. The first-order valence-electron chi connectivity index (χ1n) is 7.32. The molecule has 0 saturated carbocycles. The van der Waals surface area contributed by atoms with E-state index in [2.05, 4.69) is 0 Å². The van der Waals surface area contributed by atoms with Crippen molar-refractivity contribution in [3.63, 3.8) is 0 Å². The molecule has 1 aliphatic rings. The summed E-state index contributed by atoms with van der Waals surface area (Å²) in [6.07, 6.45) is -6.40. The van der Waals surface area contributed by atoms with Crippen LogP contribution in [0.1, 0.15) is 26.3 Å². The van der Waals surface area contributed by atoms with Gasteiger partial charge in [-0.05, 0) is 17.0 Å². The third-order valence-corrected chi connectivity index (χ3v) is 3.79. The number of aliphatic hydroxyl groups excluding tert-OH is 4. The molecule has 6 nitrogen and oxygen atoms in total. The van der Waals surface area contributed by atoms with Crippen molar-refractivity contribution >= 4 is 0 Å². The largest absolute Gasteiger partial charge is 0.462 e. The standard InChI is InChI=1S/C16H24O6/c1-16(2,3)9-6-4-5-7-10(9)21-15-14(20)13(19)12(18)11(8-17)22-15/h4-7,11-15,17-20H,8H2,1-3H3/t11-,12-,13+,14+,15-/m1/s1. The highest BCUT2D eigenvalue weighted by Gasteiger charge is 2.45. The van der Waals surface area contributed by atoms with E-state index in [0.717, 1.165) is 5.56 Å². The Hall–Kier alpha value is -1.18. The van der Waals surface area contributed by atoms with Crippen LogP contribution < -0.4 is 4.74 Å². The van der Waals surface area contributed by atoms with Gasteiger partial charge in [-0.25, -0.2) is 0 Å². The Kier molecular flexibility index (Phi) is 5.09. The Balaban J connectivity index is 2.23. The normalized spacial score (nSPS) is 32.8. The van der Waals surface area contributed by atoms with Gasteiger partial charge in [0.15, 0.2) is 0 Å². The molecule has 1 aromatic rings. The van der Waals surface area contributed by atoms with Crippen molar-refractivity contribution in [3.8, 4) is 5.75 Å². The molecule has 1 aliphatic heterocycles. The van der Waals surface area contributed by atoms with Crippen molar-refractivity contribution in [2.75, 3.05) is 6.61 Å². The number of aliphatic hydroxyl groups is 4. The Morgan fingerprint density at radius 1 is 1.05 bits per heavy atom. The van der Waals surface area contributed by atoms with Gasteiger partial charge in [0.25, 0.3) is 0 Å². The van der Waals surface area contributed by atoms with Crippen LogP contribution in [-0.4, -0.2) is 57.7 Å². The molecule has 0 aliphatic carbocycles. The van der Waals surface area contributed by atoms with E-state index in [-0.39, 0.29) is 5.41 Å². The molecule has 0 amide bonds. The molecule has 0 radical (unpaired) electrons. The Morgan fingerprint density at radius 2 is 1.68 bits per heavy atom. The van der Waals surface area contributed by atoms with Gasteiger partial charge in [-0.3, -0.25) is 0 Å². The number of hydrogen-bond donors (Lipinski definition) is 4. The first-order chi connectivity index (χ1) is 10.3. The summed E-state index contributed by atoms with van der Waals surface area (Å²) in [5, 5.41) is 38.8. The van der Waals surface area contributed by atoms with E-state index in [4.69, 9.17) is 9.47 Å². The van der Waals surface area contributed by atoms with Gasteiger partial charge in [0, 0.05) is 0 Å². The number of para-hydroxylation sites is 1. The highest BCUT2D eigenvalue weighted by atomic mass is 16.7. The molecule has 2 rings (SSSR count). The summed E-state index contributed by atoms with van der Waals surface area (Å²) in [5.41, 5.74) is 0.747. The van der Waals surface area contributed by atoms with Crippen molar-refractivity contribution in [2.24, 2.45) is 0 Å². The summed E-state index contributed by atoms with van der Waals surface area (Å²) in [7, 11) is 0. The summed E-state index contributed by atoms with van der Waals surface area (Å²) < 4.78 is 11.1. The van der Waals surface area contributed by atoms with E-state index >= 15 is 0 Å². The van der Waals surface area contributed by atoms with E-state index in [1.54, 1.807) is 12.1 Å². The molecule has 22 heavy (non-hydrogen) atoms. The maximum absolute atomic E-state index is 10.0. The van der Waals surface area contributed by atoms with Gasteiger partial charge in [0.2, 0.25) is 6.29 Å². The molecule has 1 heterocycles. The maximum atomic E-state index is 10.0. The first-order valence-corrected chi connectivity index (χ1v) is 7.32. The molecule has 0 aromatic heterocycles. The van der Waals surface area contributed by atoms with E-state index < -0.39 is 37.3 Å². The van der Waals surface area contributed by atoms with Gasteiger partial charge in [-0.1, -0.05) is 39.0 Å². The number of ether oxygens (including phenoxy) is 2. The number of rotatable bonds is 3. The molecule has 6 heteroatoms. The summed E-state index contributed by atoms with van der Waals surface area (Å²) in [6.45, 7) is 5.61. The van der Waals surface area contributed by atoms with Gasteiger partial charge < -0.3 is 29.9 Å². The molecule has 0 bridgehead atoms. The van der Waals surface area contributed by atoms with Crippen LogP contribution in [0.25, 0.3) is 0 Å². The van der Waals surface area contributed by atoms with Gasteiger partial charge >= 0.3 is 0 Å². The molecule has 4 N–H and O–H groups in total. The summed E-state index contributed by atoms with van der Waals surface area (Å²) in [4.78, 5) is 0. The maximum Gasteiger partial charge on any atom is 0.229 e. The van der Waals surface area contributed by atoms with Crippen LogP contribution in [0.15, 0.2) is 24.3 Å². The lowest BCUT2D eigenvalue weighted by molar-refractivity contribution is -0.277.